The SMILES string of the molecule is C=CCOc1c(Cl)cc(/C=C2\SC(=O)N(Cc3ccc(Br)cc3)C2=O)cc1OCC. The molecule has 2 aromatic rings. The van der Waals surface area contributed by atoms with Gasteiger partial charge in [-0.25, -0.2) is 0 Å². The molecule has 0 radical (unpaired) electrons. The zero-order chi connectivity index (χ0) is 21.7. The highest BCUT2D eigenvalue weighted by molar-refractivity contribution is 9.10. The monoisotopic (exact) mass is 507 g/mol. The van der Waals surface area contributed by atoms with Crippen LogP contribution in [-0.2, 0) is 11.3 Å². The number of rotatable bonds is 8. The highest BCUT2D eigenvalue weighted by atomic mass is 79.9. The lowest BCUT2D eigenvalue weighted by molar-refractivity contribution is -0.123. The third kappa shape index (κ3) is 5.28. The number of carbonyl (C=O) groups excluding carboxylic acids is 2. The predicted molar refractivity (Wildman–Crippen MR) is 124 cm³/mol. The van der Waals surface area contributed by atoms with Crippen molar-refractivity contribution in [2.75, 3.05) is 13.2 Å². The summed E-state index contributed by atoms with van der Waals surface area (Å²) in [5.74, 6) is 0.542. The summed E-state index contributed by atoms with van der Waals surface area (Å²) in [4.78, 5) is 26.8. The van der Waals surface area contributed by atoms with E-state index in [9.17, 15) is 9.59 Å². The van der Waals surface area contributed by atoms with Crippen molar-refractivity contribution in [3.05, 3.63) is 74.6 Å². The first kappa shape index (κ1) is 22.5. The quantitative estimate of drug-likeness (QED) is 0.309. The second kappa shape index (κ2) is 10.2. The first-order valence-corrected chi connectivity index (χ1v) is 11.1. The number of halogens is 2. The van der Waals surface area contributed by atoms with Crippen molar-refractivity contribution in [1.29, 1.82) is 0 Å². The van der Waals surface area contributed by atoms with Gasteiger partial charge in [0.1, 0.15) is 6.61 Å². The van der Waals surface area contributed by atoms with Gasteiger partial charge in [-0.2, -0.15) is 0 Å². The molecule has 8 heteroatoms. The lowest BCUT2D eigenvalue weighted by atomic mass is 10.1. The van der Waals surface area contributed by atoms with Crippen LogP contribution in [0.1, 0.15) is 18.1 Å². The van der Waals surface area contributed by atoms with Gasteiger partial charge in [0.2, 0.25) is 0 Å². The summed E-state index contributed by atoms with van der Waals surface area (Å²) in [6.45, 7) is 6.41. The Morgan fingerprint density at radius 2 is 1.93 bits per heavy atom. The van der Waals surface area contributed by atoms with Gasteiger partial charge in [-0.05, 0) is 60.2 Å². The van der Waals surface area contributed by atoms with Crippen molar-refractivity contribution in [3.8, 4) is 11.5 Å². The highest BCUT2D eigenvalue weighted by Gasteiger charge is 2.35. The van der Waals surface area contributed by atoms with Gasteiger partial charge in [0, 0.05) is 4.47 Å². The van der Waals surface area contributed by atoms with Crippen LogP contribution in [0.4, 0.5) is 4.79 Å². The minimum atomic E-state index is -0.339. The molecule has 2 aromatic carbocycles. The molecule has 0 unspecified atom stereocenters. The molecule has 1 aliphatic heterocycles. The van der Waals surface area contributed by atoms with E-state index in [-0.39, 0.29) is 24.3 Å². The molecule has 0 saturated carbocycles. The van der Waals surface area contributed by atoms with Crippen LogP contribution in [0, 0.1) is 0 Å². The number of ether oxygens (including phenoxy) is 2. The summed E-state index contributed by atoms with van der Waals surface area (Å²) in [6.07, 6.45) is 3.25. The smallest absolute Gasteiger partial charge is 0.293 e. The van der Waals surface area contributed by atoms with Crippen LogP contribution in [0.15, 0.2) is 58.4 Å². The molecule has 0 N–H and O–H groups in total. The normalized spacial score (nSPS) is 15.0. The van der Waals surface area contributed by atoms with E-state index in [2.05, 4.69) is 22.5 Å². The minimum Gasteiger partial charge on any atom is -0.490 e. The third-order valence-corrected chi connectivity index (χ3v) is 5.82. The number of imide groups is 1. The van der Waals surface area contributed by atoms with E-state index in [1.54, 1.807) is 24.3 Å². The Hall–Kier alpha value is -2.22. The maximum Gasteiger partial charge on any atom is 0.293 e. The summed E-state index contributed by atoms with van der Waals surface area (Å²) in [6, 6.07) is 10.9. The number of benzene rings is 2. The number of amides is 2. The van der Waals surface area contributed by atoms with Crippen molar-refractivity contribution in [2.24, 2.45) is 0 Å². The molecule has 3 rings (SSSR count). The molecule has 0 bridgehead atoms. The van der Waals surface area contributed by atoms with E-state index in [1.165, 1.54) is 4.90 Å². The van der Waals surface area contributed by atoms with Crippen molar-refractivity contribution < 1.29 is 19.1 Å². The molecule has 0 aromatic heterocycles. The topological polar surface area (TPSA) is 55.8 Å². The van der Waals surface area contributed by atoms with Gasteiger partial charge in [-0.1, -0.05) is 52.3 Å². The van der Waals surface area contributed by atoms with Crippen LogP contribution in [-0.4, -0.2) is 29.3 Å². The molecule has 1 heterocycles. The molecule has 0 atom stereocenters. The van der Waals surface area contributed by atoms with Crippen molar-refractivity contribution in [1.82, 2.24) is 4.90 Å². The van der Waals surface area contributed by atoms with Crippen molar-refractivity contribution in [3.63, 3.8) is 0 Å². The van der Waals surface area contributed by atoms with Gasteiger partial charge in [0.25, 0.3) is 11.1 Å². The first-order valence-electron chi connectivity index (χ1n) is 9.12. The summed E-state index contributed by atoms with van der Waals surface area (Å²) >= 11 is 10.6. The fourth-order valence-corrected chi connectivity index (χ4v) is 4.15. The zero-order valence-corrected chi connectivity index (χ0v) is 19.4. The predicted octanol–water partition coefficient (Wildman–Crippen LogP) is 6.30. The van der Waals surface area contributed by atoms with E-state index in [0.29, 0.717) is 33.6 Å². The van der Waals surface area contributed by atoms with E-state index >= 15 is 0 Å². The number of thioether (sulfide) groups is 1. The third-order valence-electron chi connectivity index (χ3n) is 4.10. The summed E-state index contributed by atoms with van der Waals surface area (Å²) < 4.78 is 12.2. The minimum absolute atomic E-state index is 0.217. The Kier molecular flexibility index (Phi) is 7.64. The second-order valence-electron chi connectivity index (χ2n) is 6.26. The molecule has 156 valence electrons. The van der Waals surface area contributed by atoms with Crippen LogP contribution in [0.2, 0.25) is 5.02 Å². The van der Waals surface area contributed by atoms with Crippen LogP contribution in [0.3, 0.4) is 0 Å². The fourth-order valence-electron chi connectivity index (χ4n) is 2.78. The van der Waals surface area contributed by atoms with E-state index in [4.69, 9.17) is 21.1 Å². The molecular formula is C22H19BrClNO4S. The molecule has 1 fully saturated rings. The zero-order valence-electron chi connectivity index (χ0n) is 16.2. The maximum atomic E-state index is 12.8. The number of carbonyl (C=O) groups is 2. The Morgan fingerprint density at radius 1 is 1.20 bits per heavy atom. The van der Waals surface area contributed by atoms with Gasteiger partial charge in [-0.15, -0.1) is 0 Å². The Morgan fingerprint density at radius 3 is 2.60 bits per heavy atom. The van der Waals surface area contributed by atoms with Gasteiger partial charge in [-0.3, -0.25) is 14.5 Å². The molecule has 2 amide bonds. The average Bonchev–Trinajstić information content (AvgIpc) is 2.96. The van der Waals surface area contributed by atoms with Crippen LogP contribution in [0.25, 0.3) is 6.08 Å². The van der Waals surface area contributed by atoms with E-state index < -0.39 is 0 Å². The Balaban J connectivity index is 1.85. The van der Waals surface area contributed by atoms with Crippen LogP contribution in [0.5, 0.6) is 11.5 Å². The average molecular weight is 509 g/mol. The summed E-state index contributed by atoms with van der Waals surface area (Å²) in [7, 11) is 0. The van der Waals surface area contributed by atoms with Gasteiger partial charge >= 0.3 is 0 Å². The number of nitrogens with zero attached hydrogens (tertiary/aromatic N) is 1. The lowest BCUT2D eigenvalue weighted by Gasteiger charge is -2.14. The Bertz CT molecular complexity index is 1010. The summed E-state index contributed by atoms with van der Waals surface area (Å²) in [5, 5.41) is 0.0411. The maximum absolute atomic E-state index is 12.8. The van der Waals surface area contributed by atoms with Gasteiger partial charge in [0.05, 0.1) is 23.1 Å². The van der Waals surface area contributed by atoms with Crippen LogP contribution >= 0.6 is 39.3 Å². The molecule has 0 aliphatic carbocycles. The molecule has 5 nitrogen and oxygen atoms in total. The molecule has 30 heavy (non-hydrogen) atoms. The van der Waals surface area contributed by atoms with Gasteiger partial charge in [0.15, 0.2) is 11.5 Å². The largest absolute Gasteiger partial charge is 0.490 e. The van der Waals surface area contributed by atoms with E-state index in [0.717, 1.165) is 21.8 Å². The number of hydrogen-bond donors (Lipinski definition) is 0. The highest BCUT2D eigenvalue weighted by Crippen LogP contribution is 2.39. The Labute approximate surface area is 192 Å². The molecular weight excluding hydrogens is 490 g/mol. The van der Waals surface area contributed by atoms with Gasteiger partial charge < -0.3 is 9.47 Å². The van der Waals surface area contributed by atoms with Crippen molar-refractivity contribution >= 4 is 56.5 Å². The summed E-state index contributed by atoms with van der Waals surface area (Å²) in [5.41, 5.74) is 1.51. The molecule has 0 spiro atoms. The molecule has 1 aliphatic rings. The van der Waals surface area contributed by atoms with Crippen LogP contribution < -0.4 is 9.47 Å². The lowest BCUT2D eigenvalue weighted by Crippen LogP contribution is -2.27. The number of hydrogen-bond acceptors (Lipinski definition) is 5. The van der Waals surface area contributed by atoms with Crippen molar-refractivity contribution in [2.45, 2.75) is 13.5 Å². The van der Waals surface area contributed by atoms with E-state index in [1.807, 2.05) is 31.2 Å². The fraction of sp³-hybridized carbons (Fsp3) is 0.182. The first-order chi connectivity index (χ1) is 14.4. The standard InChI is InChI=1S/C22H19BrClNO4S/c1-3-9-29-20-17(24)10-15(11-18(20)28-4-2)12-19-21(26)25(22(27)30-19)13-14-5-7-16(23)8-6-14/h3,5-8,10-12H,1,4,9,13H2,2H3/b19-12-. The second-order valence-corrected chi connectivity index (χ2v) is 8.57. The molecule has 1 saturated heterocycles.